The molecule has 7 nitrogen and oxygen atoms in total. The summed E-state index contributed by atoms with van der Waals surface area (Å²) < 4.78 is 0. The molecule has 132 valence electrons. The van der Waals surface area contributed by atoms with Gasteiger partial charge in [0.15, 0.2) is 5.82 Å². The van der Waals surface area contributed by atoms with Gasteiger partial charge in [0.2, 0.25) is 0 Å². The number of pyridine rings is 1. The number of hydrogen-bond donors (Lipinski definition) is 3. The fourth-order valence-corrected chi connectivity index (χ4v) is 3.55. The number of carboxylic acid groups (broad SMARTS) is 1. The van der Waals surface area contributed by atoms with Crippen LogP contribution in [0.3, 0.4) is 0 Å². The summed E-state index contributed by atoms with van der Waals surface area (Å²) in [5.74, 6) is 2.38. The molecule has 2 atom stereocenters. The van der Waals surface area contributed by atoms with Crippen LogP contribution in [0.4, 0.5) is 5.82 Å². The van der Waals surface area contributed by atoms with Crippen molar-refractivity contribution in [3.8, 4) is 0 Å². The fourth-order valence-electron chi connectivity index (χ4n) is 3.55. The van der Waals surface area contributed by atoms with Gasteiger partial charge in [-0.25, -0.2) is 9.97 Å². The lowest BCUT2D eigenvalue weighted by Gasteiger charge is -2.17. The van der Waals surface area contributed by atoms with E-state index in [1.807, 2.05) is 0 Å². The summed E-state index contributed by atoms with van der Waals surface area (Å²) >= 11 is 0. The Balaban J connectivity index is 1.27. The number of anilines is 1. The molecule has 0 radical (unpaired) electrons. The van der Waals surface area contributed by atoms with E-state index in [9.17, 15) is 4.79 Å². The highest BCUT2D eigenvalue weighted by molar-refractivity contribution is 5.67. The van der Waals surface area contributed by atoms with E-state index in [1.54, 1.807) is 0 Å². The average molecular weight is 341 g/mol. The largest absolute Gasteiger partial charge is 0.481 e. The normalized spacial score (nSPS) is 21.4. The Hall–Kier alpha value is -2.44. The smallest absolute Gasteiger partial charge is 0.303 e. The monoisotopic (exact) mass is 341 g/mol. The van der Waals surface area contributed by atoms with Crippen molar-refractivity contribution in [1.29, 1.82) is 0 Å². The average Bonchev–Trinajstić information content (AvgIpc) is 3.19. The molecule has 1 aliphatic carbocycles. The van der Waals surface area contributed by atoms with E-state index < -0.39 is 5.97 Å². The van der Waals surface area contributed by atoms with Crippen LogP contribution in [0, 0.1) is 5.92 Å². The van der Waals surface area contributed by atoms with Gasteiger partial charge >= 0.3 is 5.97 Å². The molecule has 1 saturated carbocycles. The molecule has 0 aromatic carbocycles. The van der Waals surface area contributed by atoms with Gasteiger partial charge in [0, 0.05) is 31.0 Å². The maximum Gasteiger partial charge on any atom is 0.303 e. The first-order valence-corrected chi connectivity index (χ1v) is 9.04. The second-order valence-electron chi connectivity index (χ2n) is 7.03. The highest BCUT2D eigenvalue weighted by atomic mass is 16.4. The zero-order chi connectivity index (χ0) is 17.2. The van der Waals surface area contributed by atoms with E-state index in [4.69, 9.17) is 10.1 Å². The molecule has 2 aliphatic rings. The predicted octanol–water partition coefficient (Wildman–Crippen LogP) is 2.31. The Morgan fingerprint density at radius 1 is 1.28 bits per heavy atom. The van der Waals surface area contributed by atoms with Gasteiger partial charge in [0.1, 0.15) is 11.6 Å². The topological polar surface area (TPSA) is 104 Å². The van der Waals surface area contributed by atoms with Crippen LogP contribution in [-0.2, 0) is 24.1 Å². The van der Waals surface area contributed by atoms with Gasteiger partial charge in [-0.3, -0.25) is 9.89 Å². The van der Waals surface area contributed by atoms with Crippen molar-refractivity contribution >= 4 is 11.8 Å². The van der Waals surface area contributed by atoms with Crippen LogP contribution in [-0.4, -0.2) is 37.8 Å². The van der Waals surface area contributed by atoms with Crippen molar-refractivity contribution in [3.63, 3.8) is 0 Å². The molecule has 0 spiro atoms. The highest BCUT2D eigenvalue weighted by Crippen LogP contribution is 2.48. The van der Waals surface area contributed by atoms with E-state index in [0.717, 1.165) is 61.8 Å². The van der Waals surface area contributed by atoms with Gasteiger partial charge in [-0.1, -0.05) is 6.07 Å². The summed E-state index contributed by atoms with van der Waals surface area (Å²) in [7, 11) is 0. The highest BCUT2D eigenvalue weighted by Gasteiger charge is 2.42. The van der Waals surface area contributed by atoms with Crippen LogP contribution in [0.1, 0.15) is 54.5 Å². The zero-order valence-electron chi connectivity index (χ0n) is 14.2. The molecule has 4 rings (SSSR count). The van der Waals surface area contributed by atoms with Crippen LogP contribution in [0.2, 0.25) is 0 Å². The van der Waals surface area contributed by atoms with Crippen molar-refractivity contribution in [2.75, 3.05) is 11.9 Å². The van der Waals surface area contributed by atoms with Crippen molar-refractivity contribution in [1.82, 2.24) is 20.2 Å². The third-order valence-corrected chi connectivity index (χ3v) is 5.04. The number of aromatic amines is 1. The van der Waals surface area contributed by atoms with Crippen molar-refractivity contribution in [2.24, 2.45) is 5.92 Å². The van der Waals surface area contributed by atoms with E-state index in [-0.39, 0.29) is 18.3 Å². The summed E-state index contributed by atoms with van der Waals surface area (Å²) in [6.07, 6.45) is 6.09. The van der Waals surface area contributed by atoms with E-state index >= 15 is 0 Å². The first-order valence-electron chi connectivity index (χ1n) is 9.04. The summed E-state index contributed by atoms with van der Waals surface area (Å²) in [4.78, 5) is 20.0. The molecule has 2 aromatic rings. The molecule has 2 unspecified atom stereocenters. The number of rotatable bonds is 7. The minimum Gasteiger partial charge on any atom is -0.481 e. The van der Waals surface area contributed by atoms with Gasteiger partial charge in [0.25, 0.3) is 0 Å². The quantitative estimate of drug-likeness (QED) is 0.714. The molecule has 0 bridgehead atoms. The number of hydrogen-bond acceptors (Lipinski definition) is 5. The van der Waals surface area contributed by atoms with Crippen molar-refractivity contribution < 1.29 is 9.90 Å². The van der Waals surface area contributed by atoms with Crippen LogP contribution in [0.25, 0.3) is 0 Å². The minimum atomic E-state index is -0.740. The lowest BCUT2D eigenvalue weighted by Crippen LogP contribution is -2.14. The summed E-state index contributed by atoms with van der Waals surface area (Å²) in [5, 5.41) is 19.5. The van der Waals surface area contributed by atoms with Crippen molar-refractivity contribution in [2.45, 2.75) is 50.9 Å². The number of nitrogens with zero attached hydrogens (tertiary/aromatic N) is 3. The molecule has 25 heavy (non-hydrogen) atoms. The van der Waals surface area contributed by atoms with Crippen molar-refractivity contribution in [3.05, 3.63) is 35.0 Å². The zero-order valence-corrected chi connectivity index (χ0v) is 14.2. The van der Waals surface area contributed by atoms with E-state index in [0.29, 0.717) is 0 Å². The SMILES string of the molecule is O=C(O)CC1CC1c1n[nH]c(CCCc2ccc3c(n2)NCCC3)n1. The fraction of sp³-hybridized carbons (Fsp3) is 0.556. The molecule has 2 aromatic heterocycles. The molecular weight excluding hydrogens is 318 g/mol. The lowest BCUT2D eigenvalue weighted by molar-refractivity contribution is -0.137. The first kappa shape index (κ1) is 16.1. The minimum absolute atomic E-state index is 0.202. The number of carboxylic acids is 1. The Bertz CT molecular complexity index is 773. The predicted molar refractivity (Wildman–Crippen MR) is 92.6 cm³/mol. The maximum absolute atomic E-state index is 10.7. The molecule has 0 saturated heterocycles. The number of fused-ring (bicyclic) bond motifs is 1. The van der Waals surface area contributed by atoms with Gasteiger partial charge in [-0.15, -0.1) is 0 Å². The second kappa shape index (κ2) is 6.82. The van der Waals surface area contributed by atoms with Gasteiger partial charge in [-0.2, -0.15) is 5.10 Å². The number of aromatic nitrogens is 4. The summed E-state index contributed by atoms with van der Waals surface area (Å²) in [6.45, 7) is 1.01. The summed E-state index contributed by atoms with van der Waals surface area (Å²) in [5.41, 5.74) is 2.42. The third kappa shape index (κ3) is 3.81. The number of aliphatic carboxylic acids is 1. The molecule has 1 fully saturated rings. The number of H-pyrrole nitrogens is 1. The molecule has 3 heterocycles. The second-order valence-corrected chi connectivity index (χ2v) is 7.03. The molecule has 1 aliphatic heterocycles. The Labute approximate surface area is 146 Å². The van der Waals surface area contributed by atoms with Crippen LogP contribution < -0.4 is 5.32 Å². The Morgan fingerprint density at radius 2 is 2.20 bits per heavy atom. The van der Waals surface area contributed by atoms with E-state index in [2.05, 4.69) is 32.6 Å². The first-order chi connectivity index (χ1) is 12.2. The number of nitrogens with one attached hydrogen (secondary N) is 2. The Kier molecular flexibility index (Phi) is 4.38. The maximum atomic E-state index is 10.7. The number of carbonyl (C=O) groups is 1. The van der Waals surface area contributed by atoms with Crippen LogP contribution in [0.15, 0.2) is 12.1 Å². The standard InChI is InChI=1S/C18H23N5O2/c24-16(25)10-12-9-14(12)18-21-15(22-23-18)5-1-4-13-7-6-11-3-2-8-19-17(11)20-13/h6-7,12,14H,1-5,8-10H2,(H,19,20)(H,24,25)(H,21,22,23). The van der Waals surface area contributed by atoms with Gasteiger partial charge in [0.05, 0.1) is 0 Å². The molecule has 3 N–H and O–H groups in total. The van der Waals surface area contributed by atoms with Crippen LogP contribution in [0.5, 0.6) is 0 Å². The van der Waals surface area contributed by atoms with E-state index in [1.165, 1.54) is 12.0 Å². The third-order valence-electron chi connectivity index (χ3n) is 5.04. The summed E-state index contributed by atoms with van der Waals surface area (Å²) in [6, 6.07) is 4.31. The van der Waals surface area contributed by atoms with Gasteiger partial charge in [-0.05, 0) is 49.7 Å². The number of aryl methyl sites for hydroxylation is 3. The molecule has 0 amide bonds. The lowest BCUT2D eigenvalue weighted by atomic mass is 10.1. The van der Waals surface area contributed by atoms with Crippen LogP contribution >= 0.6 is 0 Å². The molecule has 7 heteroatoms. The van der Waals surface area contributed by atoms with Gasteiger partial charge < -0.3 is 10.4 Å². The Morgan fingerprint density at radius 3 is 3.08 bits per heavy atom. The molecular formula is C18H23N5O2.